The second-order valence-corrected chi connectivity index (χ2v) is 7.62. The van der Waals surface area contributed by atoms with E-state index in [4.69, 9.17) is 28.0 Å². The van der Waals surface area contributed by atoms with Crippen molar-refractivity contribution >= 4 is 49.2 Å². The van der Waals surface area contributed by atoms with Gasteiger partial charge in [0.25, 0.3) is 10.0 Å². The third-order valence-corrected chi connectivity index (χ3v) is 5.43. The SMILES string of the molecule is O=S(=O)(NOC1CCCC1)c1c(Cl)cc(Br)cc1Cl. The van der Waals surface area contributed by atoms with Crippen molar-refractivity contribution in [2.24, 2.45) is 0 Å². The summed E-state index contributed by atoms with van der Waals surface area (Å²) in [6.07, 6.45) is 3.72. The fourth-order valence-corrected chi connectivity index (χ4v) is 4.76. The Morgan fingerprint density at radius 2 is 1.74 bits per heavy atom. The minimum Gasteiger partial charge on any atom is -0.284 e. The molecule has 4 nitrogen and oxygen atoms in total. The molecule has 19 heavy (non-hydrogen) atoms. The molecule has 0 atom stereocenters. The van der Waals surface area contributed by atoms with Gasteiger partial charge in [-0.15, -0.1) is 0 Å². The van der Waals surface area contributed by atoms with Gasteiger partial charge in [-0.3, -0.25) is 4.84 Å². The summed E-state index contributed by atoms with van der Waals surface area (Å²) in [6.45, 7) is 0. The van der Waals surface area contributed by atoms with E-state index < -0.39 is 10.0 Å². The quantitative estimate of drug-likeness (QED) is 0.795. The van der Waals surface area contributed by atoms with Crippen LogP contribution in [0.25, 0.3) is 0 Å². The van der Waals surface area contributed by atoms with Crippen LogP contribution in [0.15, 0.2) is 21.5 Å². The number of rotatable bonds is 4. The Morgan fingerprint density at radius 1 is 1.21 bits per heavy atom. The van der Waals surface area contributed by atoms with Crippen molar-refractivity contribution in [3.05, 3.63) is 26.7 Å². The maximum absolute atomic E-state index is 12.1. The molecular formula is C11H12BrCl2NO3S. The monoisotopic (exact) mass is 387 g/mol. The molecule has 0 aromatic heterocycles. The third-order valence-electron chi connectivity index (χ3n) is 2.86. The van der Waals surface area contributed by atoms with Crippen molar-refractivity contribution in [1.29, 1.82) is 0 Å². The Hall–Kier alpha value is 0.150. The summed E-state index contributed by atoms with van der Waals surface area (Å²) < 4.78 is 24.9. The summed E-state index contributed by atoms with van der Waals surface area (Å²) in [5, 5.41) is 0.0868. The summed E-state index contributed by atoms with van der Waals surface area (Å²) >= 11 is 15.0. The van der Waals surface area contributed by atoms with Crippen molar-refractivity contribution in [3.63, 3.8) is 0 Å². The van der Waals surface area contributed by atoms with Crippen LogP contribution in [0.5, 0.6) is 0 Å². The number of benzene rings is 1. The van der Waals surface area contributed by atoms with Gasteiger partial charge in [0.15, 0.2) is 0 Å². The summed E-state index contributed by atoms with van der Waals surface area (Å²) in [4.78, 5) is 7.13. The standard InChI is InChI=1S/C11H12BrCl2NO3S/c12-7-5-9(13)11(10(14)6-7)19(16,17)15-18-8-3-1-2-4-8/h5-6,8,15H,1-4H2. The van der Waals surface area contributed by atoms with Crippen LogP contribution >= 0.6 is 39.1 Å². The minimum absolute atomic E-state index is 0.0434. The fourth-order valence-electron chi connectivity index (χ4n) is 1.96. The summed E-state index contributed by atoms with van der Waals surface area (Å²) in [5.41, 5.74) is 0. The summed E-state index contributed by atoms with van der Waals surface area (Å²) in [7, 11) is -3.88. The van der Waals surface area contributed by atoms with Crippen molar-refractivity contribution in [2.75, 3.05) is 0 Å². The first-order chi connectivity index (χ1) is 8.90. The van der Waals surface area contributed by atoms with Crippen molar-refractivity contribution < 1.29 is 13.3 Å². The Bertz CT molecular complexity index is 550. The van der Waals surface area contributed by atoms with E-state index in [0.29, 0.717) is 4.47 Å². The van der Waals surface area contributed by atoms with Gasteiger partial charge in [-0.05, 0) is 25.0 Å². The molecule has 0 unspecified atom stereocenters. The Balaban J connectivity index is 2.19. The smallest absolute Gasteiger partial charge is 0.265 e. The molecule has 1 aromatic rings. The third kappa shape index (κ3) is 3.83. The number of sulfonamides is 1. The zero-order valence-electron chi connectivity index (χ0n) is 9.83. The van der Waals surface area contributed by atoms with Crippen molar-refractivity contribution in [3.8, 4) is 0 Å². The van der Waals surface area contributed by atoms with E-state index in [9.17, 15) is 8.42 Å². The second-order valence-electron chi connectivity index (χ2n) is 4.31. The molecule has 1 aliphatic rings. The van der Waals surface area contributed by atoms with Gasteiger partial charge in [-0.25, -0.2) is 8.42 Å². The molecular weight excluding hydrogens is 377 g/mol. The molecule has 1 aromatic carbocycles. The highest BCUT2D eigenvalue weighted by molar-refractivity contribution is 9.10. The normalized spacial score (nSPS) is 17.0. The topological polar surface area (TPSA) is 55.4 Å². The van der Waals surface area contributed by atoms with Gasteiger partial charge in [0.1, 0.15) is 4.90 Å². The van der Waals surface area contributed by atoms with Crippen molar-refractivity contribution in [1.82, 2.24) is 4.89 Å². The Morgan fingerprint density at radius 3 is 2.26 bits per heavy atom. The van der Waals surface area contributed by atoms with E-state index in [-0.39, 0.29) is 21.0 Å². The molecule has 0 aliphatic heterocycles. The van der Waals surface area contributed by atoms with E-state index in [1.807, 2.05) is 0 Å². The summed E-state index contributed by atoms with van der Waals surface area (Å²) in [6, 6.07) is 2.94. The molecule has 0 heterocycles. The first-order valence-electron chi connectivity index (χ1n) is 5.72. The van der Waals surface area contributed by atoms with E-state index in [1.54, 1.807) is 0 Å². The van der Waals surface area contributed by atoms with Crippen molar-refractivity contribution in [2.45, 2.75) is 36.7 Å². The van der Waals surface area contributed by atoms with Crippen LogP contribution in [0, 0.1) is 0 Å². The van der Waals surface area contributed by atoms with Gasteiger partial charge in [0.05, 0.1) is 16.1 Å². The van der Waals surface area contributed by atoms with Gasteiger partial charge in [0, 0.05) is 4.47 Å². The fraction of sp³-hybridized carbons (Fsp3) is 0.455. The van der Waals surface area contributed by atoms with Crippen LogP contribution in [0.2, 0.25) is 10.0 Å². The maximum Gasteiger partial charge on any atom is 0.265 e. The lowest BCUT2D eigenvalue weighted by Gasteiger charge is -2.14. The predicted octanol–water partition coefficient (Wildman–Crippen LogP) is 3.91. The molecule has 1 fully saturated rings. The molecule has 106 valence electrons. The highest BCUT2D eigenvalue weighted by Gasteiger charge is 2.25. The summed E-state index contributed by atoms with van der Waals surface area (Å²) in [5.74, 6) is 0. The van der Waals surface area contributed by atoms with Crippen LogP contribution in [-0.4, -0.2) is 14.5 Å². The molecule has 1 saturated carbocycles. The number of halogens is 3. The minimum atomic E-state index is -3.88. The van der Waals surface area contributed by atoms with Crippen LogP contribution in [0.4, 0.5) is 0 Å². The molecule has 0 radical (unpaired) electrons. The molecule has 0 saturated heterocycles. The average Bonchev–Trinajstić information content (AvgIpc) is 2.77. The molecule has 1 aliphatic carbocycles. The predicted molar refractivity (Wildman–Crippen MR) is 77.8 cm³/mol. The second kappa shape index (κ2) is 6.28. The van der Waals surface area contributed by atoms with Gasteiger partial charge in [0.2, 0.25) is 0 Å². The van der Waals surface area contributed by atoms with Crippen LogP contribution < -0.4 is 4.89 Å². The highest BCUT2D eigenvalue weighted by Crippen LogP contribution is 2.33. The molecule has 0 bridgehead atoms. The maximum atomic E-state index is 12.1. The van der Waals surface area contributed by atoms with E-state index >= 15 is 0 Å². The molecule has 2 rings (SSSR count). The first-order valence-corrected chi connectivity index (χ1v) is 8.75. The molecule has 1 N–H and O–H groups in total. The largest absolute Gasteiger partial charge is 0.284 e. The lowest BCUT2D eigenvalue weighted by Crippen LogP contribution is -2.29. The first kappa shape index (κ1) is 15.5. The Labute approximate surface area is 130 Å². The van der Waals surface area contributed by atoms with Crippen LogP contribution in [0.1, 0.15) is 25.7 Å². The van der Waals surface area contributed by atoms with Crippen LogP contribution in [0.3, 0.4) is 0 Å². The average molecular weight is 389 g/mol. The Kier molecular flexibility index (Phi) is 5.14. The lowest BCUT2D eigenvalue weighted by molar-refractivity contribution is 0.0223. The highest BCUT2D eigenvalue weighted by atomic mass is 79.9. The van der Waals surface area contributed by atoms with Gasteiger partial charge < -0.3 is 0 Å². The van der Waals surface area contributed by atoms with E-state index in [0.717, 1.165) is 25.7 Å². The zero-order chi connectivity index (χ0) is 14.0. The van der Waals surface area contributed by atoms with E-state index in [1.165, 1.54) is 12.1 Å². The molecule has 8 heteroatoms. The zero-order valence-corrected chi connectivity index (χ0v) is 13.7. The lowest BCUT2D eigenvalue weighted by atomic mass is 10.3. The van der Waals surface area contributed by atoms with E-state index in [2.05, 4.69) is 20.8 Å². The van der Waals surface area contributed by atoms with Gasteiger partial charge in [-0.1, -0.05) is 56.9 Å². The molecule has 0 amide bonds. The van der Waals surface area contributed by atoms with Crippen LogP contribution in [-0.2, 0) is 14.9 Å². The number of nitrogens with one attached hydrogen (secondary N) is 1. The number of hydrogen-bond acceptors (Lipinski definition) is 3. The van der Waals surface area contributed by atoms with Gasteiger partial charge in [-0.2, -0.15) is 0 Å². The van der Waals surface area contributed by atoms with Gasteiger partial charge >= 0.3 is 0 Å². The number of hydrogen-bond donors (Lipinski definition) is 1. The molecule has 0 spiro atoms.